The van der Waals surface area contributed by atoms with Crippen molar-refractivity contribution >= 4 is 15.9 Å². The fraction of sp³-hybridized carbons (Fsp3) is 0.632. The number of benzene rings is 1. The molecule has 27 heavy (non-hydrogen) atoms. The molecule has 3 rings (SSSR count). The average Bonchev–Trinajstić information content (AvgIpc) is 2.71. The largest absolute Gasteiger partial charge is 0.493 e. The molecule has 1 aromatic rings. The summed E-state index contributed by atoms with van der Waals surface area (Å²) in [6.07, 6.45) is 5.98. The molecule has 1 amide bonds. The number of methoxy groups -OCH3 is 2. The molecule has 1 saturated heterocycles. The van der Waals surface area contributed by atoms with E-state index < -0.39 is 10.0 Å². The number of piperidine rings is 1. The molecule has 0 radical (unpaired) electrons. The number of amides is 1. The summed E-state index contributed by atoms with van der Waals surface area (Å²) >= 11 is 0. The fourth-order valence-electron chi connectivity index (χ4n) is 4.16. The molecule has 7 nitrogen and oxygen atoms in total. The number of ether oxygens (including phenoxy) is 2. The van der Waals surface area contributed by atoms with Crippen LogP contribution in [0.2, 0.25) is 0 Å². The number of carbonyl (C=O) groups excluding carboxylic acids is 1. The van der Waals surface area contributed by atoms with Crippen molar-refractivity contribution in [1.82, 2.24) is 9.62 Å². The summed E-state index contributed by atoms with van der Waals surface area (Å²) in [7, 11) is -0.879. The van der Waals surface area contributed by atoms with Gasteiger partial charge in [-0.25, -0.2) is 13.1 Å². The van der Waals surface area contributed by atoms with Gasteiger partial charge in [-0.3, -0.25) is 4.79 Å². The Kier molecular flexibility index (Phi) is 6.26. The lowest BCUT2D eigenvalue weighted by molar-refractivity contribution is -0.133. The molecule has 1 aliphatic heterocycles. The van der Waals surface area contributed by atoms with E-state index in [4.69, 9.17) is 9.47 Å². The van der Waals surface area contributed by atoms with Gasteiger partial charge in [0.15, 0.2) is 11.5 Å². The van der Waals surface area contributed by atoms with E-state index in [1.807, 2.05) is 4.90 Å². The van der Waals surface area contributed by atoms with Gasteiger partial charge in [0.1, 0.15) is 0 Å². The standard InChI is InChI=1S/C19H28N2O5S/c1-25-17-8-7-16(11-18(17)26-2)27(23,24)20-12-19(22)21-10-9-14-5-3-4-6-15(14)13-21/h7-8,11,14-15,20H,3-6,9-10,12-13H2,1-2H3/t14-,15-/m1/s1. The number of hydrogen-bond donors (Lipinski definition) is 1. The van der Waals surface area contributed by atoms with Crippen molar-refractivity contribution in [3.05, 3.63) is 18.2 Å². The monoisotopic (exact) mass is 396 g/mol. The molecule has 0 unspecified atom stereocenters. The predicted molar refractivity (Wildman–Crippen MR) is 101 cm³/mol. The highest BCUT2D eigenvalue weighted by molar-refractivity contribution is 7.89. The van der Waals surface area contributed by atoms with Crippen molar-refractivity contribution in [2.24, 2.45) is 11.8 Å². The van der Waals surface area contributed by atoms with Crippen molar-refractivity contribution in [3.63, 3.8) is 0 Å². The second-order valence-corrected chi connectivity index (χ2v) is 9.04. The third-order valence-corrected chi connectivity index (χ3v) is 7.12. The van der Waals surface area contributed by atoms with E-state index in [1.165, 1.54) is 58.1 Å². The van der Waals surface area contributed by atoms with Crippen LogP contribution in [0.4, 0.5) is 0 Å². The Hall–Kier alpha value is -1.80. The molecular formula is C19H28N2O5S. The summed E-state index contributed by atoms with van der Waals surface area (Å²) in [6, 6.07) is 4.35. The number of likely N-dealkylation sites (tertiary alicyclic amines) is 1. The molecule has 150 valence electrons. The normalized spacial score (nSPS) is 22.8. The average molecular weight is 397 g/mol. The van der Waals surface area contributed by atoms with E-state index in [0.29, 0.717) is 17.4 Å². The van der Waals surface area contributed by atoms with Crippen molar-refractivity contribution in [1.29, 1.82) is 0 Å². The van der Waals surface area contributed by atoms with Crippen LogP contribution < -0.4 is 14.2 Å². The second kappa shape index (κ2) is 8.48. The van der Waals surface area contributed by atoms with Crippen LogP contribution in [0.3, 0.4) is 0 Å². The molecule has 1 aliphatic carbocycles. The minimum absolute atomic E-state index is 0.0407. The first-order chi connectivity index (χ1) is 12.9. The van der Waals surface area contributed by atoms with Gasteiger partial charge in [0.25, 0.3) is 0 Å². The zero-order valence-corrected chi connectivity index (χ0v) is 16.8. The molecule has 1 N–H and O–H groups in total. The molecule has 8 heteroatoms. The van der Waals surface area contributed by atoms with E-state index in [-0.39, 0.29) is 17.3 Å². The highest BCUT2D eigenvalue weighted by Gasteiger charge is 2.33. The Morgan fingerprint density at radius 1 is 1.11 bits per heavy atom. The highest BCUT2D eigenvalue weighted by atomic mass is 32.2. The molecule has 0 bridgehead atoms. The van der Waals surface area contributed by atoms with Gasteiger partial charge in [-0.2, -0.15) is 0 Å². The van der Waals surface area contributed by atoms with Crippen LogP contribution in [0, 0.1) is 11.8 Å². The van der Waals surface area contributed by atoms with Gasteiger partial charge >= 0.3 is 0 Å². The van der Waals surface area contributed by atoms with Crippen molar-refractivity contribution in [2.45, 2.75) is 37.0 Å². The summed E-state index contributed by atoms with van der Waals surface area (Å²) in [6.45, 7) is 1.24. The summed E-state index contributed by atoms with van der Waals surface area (Å²) in [5.74, 6) is 1.90. The van der Waals surface area contributed by atoms with Gasteiger partial charge in [0.2, 0.25) is 15.9 Å². The molecule has 0 aromatic heterocycles. The molecule has 1 heterocycles. The van der Waals surface area contributed by atoms with E-state index in [0.717, 1.165) is 25.4 Å². The number of rotatable bonds is 6. The first-order valence-electron chi connectivity index (χ1n) is 9.44. The lowest BCUT2D eigenvalue weighted by Crippen LogP contribution is -2.48. The van der Waals surface area contributed by atoms with Gasteiger partial charge in [-0.1, -0.05) is 19.3 Å². The smallest absolute Gasteiger partial charge is 0.241 e. The van der Waals surface area contributed by atoms with Crippen LogP contribution in [0.1, 0.15) is 32.1 Å². The van der Waals surface area contributed by atoms with E-state index in [1.54, 1.807) is 0 Å². The highest BCUT2D eigenvalue weighted by Crippen LogP contribution is 2.36. The Bertz CT molecular complexity index is 780. The minimum atomic E-state index is -3.81. The molecule has 2 fully saturated rings. The maximum Gasteiger partial charge on any atom is 0.241 e. The number of sulfonamides is 1. The number of fused-ring (bicyclic) bond motifs is 1. The van der Waals surface area contributed by atoms with E-state index in [2.05, 4.69) is 4.72 Å². The number of nitrogens with one attached hydrogen (secondary N) is 1. The lowest BCUT2D eigenvalue weighted by atomic mass is 9.75. The van der Waals surface area contributed by atoms with Crippen LogP contribution >= 0.6 is 0 Å². The topological polar surface area (TPSA) is 84.9 Å². The zero-order valence-electron chi connectivity index (χ0n) is 15.9. The first-order valence-corrected chi connectivity index (χ1v) is 10.9. The predicted octanol–water partition coefficient (Wildman–Crippen LogP) is 2.02. The summed E-state index contributed by atoms with van der Waals surface area (Å²) in [5, 5.41) is 0. The lowest BCUT2D eigenvalue weighted by Gasteiger charge is -2.41. The van der Waals surface area contributed by atoms with Crippen molar-refractivity contribution in [3.8, 4) is 11.5 Å². The van der Waals surface area contributed by atoms with E-state index >= 15 is 0 Å². The van der Waals surface area contributed by atoms with Gasteiger partial charge in [-0.15, -0.1) is 0 Å². The first kappa shape index (κ1) is 19.9. The SMILES string of the molecule is COc1ccc(S(=O)(=O)NCC(=O)N2CC[C@H]3CCCC[C@@H]3C2)cc1OC. The van der Waals surface area contributed by atoms with Crippen LogP contribution in [0.15, 0.2) is 23.1 Å². The van der Waals surface area contributed by atoms with E-state index in [9.17, 15) is 13.2 Å². The summed E-state index contributed by atoms with van der Waals surface area (Å²) in [4.78, 5) is 14.4. The van der Waals surface area contributed by atoms with Crippen LogP contribution in [0.25, 0.3) is 0 Å². The summed E-state index contributed by atoms with van der Waals surface area (Å²) < 4.78 is 37.8. The van der Waals surface area contributed by atoms with Crippen LogP contribution in [0.5, 0.6) is 11.5 Å². The summed E-state index contributed by atoms with van der Waals surface area (Å²) in [5.41, 5.74) is 0. The Balaban J connectivity index is 1.60. The third kappa shape index (κ3) is 4.55. The maximum absolute atomic E-state index is 12.5. The molecule has 1 aromatic carbocycles. The van der Waals surface area contributed by atoms with Crippen molar-refractivity contribution < 1.29 is 22.7 Å². The molecule has 2 atom stereocenters. The molecule has 2 aliphatic rings. The van der Waals surface area contributed by atoms with Crippen LogP contribution in [-0.4, -0.2) is 53.1 Å². The molecule has 1 saturated carbocycles. The minimum Gasteiger partial charge on any atom is -0.493 e. The van der Waals surface area contributed by atoms with Gasteiger partial charge in [0, 0.05) is 19.2 Å². The van der Waals surface area contributed by atoms with Crippen molar-refractivity contribution in [2.75, 3.05) is 33.9 Å². The number of nitrogens with zero attached hydrogens (tertiary/aromatic N) is 1. The van der Waals surface area contributed by atoms with Gasteiger partial charge in [-0.05, 0) is 36.8 Å². The van der Waals surface area contributed by atoms with Gasteiger partial charge in [0.05, 0.1) is 25.7 Å². The maximum atomic E-state index is 12.5. The van der Waals surface area contributed by atoms with Crippen LogP contribution in [-0.2, 0) is 14.8 Å². The zero-order chi connectivity index (χ0) is 19.4. The Morgan fingerprint density at radius 2 is 1.81 bits per heavy atom. The molecule has 0 spiro atoms. The Morgan fingerprint density at radius 3 is 2.52 bits per heavy atom. The van der Waals surface area contributed by atoms with Gasteiger partial charge < -0.3 is 14.4 Å². The third-order valence-electron chi connectivity index (χ3n) is 5.72. The number of hydrogen-bond acceptors (Lipinski definition) is 5. The second-order valence-electron chi connectivity index (χ2n) is 7.27. The molecular weight excluding hydrogens is 368 g/mol. The quantitative estimate of drug-likeness (QED) is 0.795. The fourth-order valence-corrected chi connectivity index (χ4v) is 5.15. The number of carbonyl (C=O) groups is 1. The Labute approximate surface area is 161 Å².